The van der Waals surface area contributed by atoms with E-state index in [1.165, 1.54) is 11.1 Å². The number of nitrogens with two attached hydrogens (primary N) is 1. The van der Waals surface area contributed by atoms with E-state index in [0.717, 1.165) is 12.2 Å². The number of hydrogen-bond donors (Lipinski definition) is 2. The Hall–Kier alpha value is -2.14. The minimum atomic E-state index is 0.352. The molecule has 0 spiro atoms. The van der Waals surface area contributed by atoms with Gasteiger partial charge in [-0.2, -0.15) is 0 Å². The first-order chi connectivity index (χ1) is 9.72. The fraction of sp³-hybridized carbons (Fsp3) is 0.333. The molecule has 5 nitrogen and oxygen atoms in total. The van der Waals surface area contributed by atoms with Gasteiger partial charge in [-0.25, -0.2) is 9.97 Å². The Morgan fingerprint density at radius 2 is 1.95 bits per heavy atom. The molecule has 0 amide bonds. The van der Waals surface area contributed by atoms with Crippen LogP contribution in [-0.2, 0) is 24.3 Å². The minimum Gasteiger partial charge on any atom is -0.384 e. The van der Waals surface area contributed by atoms with Crippen LogP contribution in [0.4, 0.5) is 11.6 Å². The predicted octanol–water partition coefficient (Wildman–Crippen LogP) is 2.38. The lowest BCUT2D eigenvalue weighted by Gasteiger charge is -2.11. The molecular formula is C15H20N4O. The molecule has 0 fully saturated rings. The molecule has 0 aliphatic heterocycles. The maximum absolute atomic E-state index is 5.77. The van der Waals surface area contributed by atoms with Crippen molar-refractivity contribution in [3.63, 3.8) is 0 Å². The number of nitrogens with zero attached hydrogens (tertiary/aromatic N) is 2. The van der Waals surface area contributed by atoms with E-state index < -0.39 is 0 Å². The van der Waals surface area contributed by atoms with Crippen LogP contribution in [0.5, 0.6) is 0 Å². The predicted molar refractivity (Wildman–Crippen MR) is 80.3 cm³/mol. The quantitative estimate of drug-likeness (QED) is 0.844. The largest absolute Gasteiger partial charge is 0.384 e. The van der Waals surface area contributed by atoms with Crippen LogP contribution in [0.1, 0.15) is 23.9 Å². The number of nitrogens with one attached hydrogen (secondary N) is 1. The molecule has 1 aromatic heterocycles. The molecule has 0 saturated heterocycles. The molecule has 5 heteroatoms. The summed E-state index contributed by atoms with van der Waals surface area (Å²) < 4.78 is 5.03. The molecule has 1 aromatic carbocycles. The standard InChI is InChI=1S/C15H20N4O/c1-3-11-6-4-5-7-12(11)9-17-14-8-13(16)18-15(19-14)10-20-2/h4-8H,3,9-10H2,1-2H3,(H3,16,17,18,19). The first-order valence-electron chi connectivity index (χ1n) is 6.66. The zero-order chi connectivity index (χ0) is 14.4. The Labute approximate surface area is 119 Å². The van der Waals surface area contributed by atoms with Crippen LogP contribution in [0.25, 0.3) is 0 Å². The fourth-order valence-electron chi connectivity index (χ4n) is 2.06. The van der Waals surface area contributed by atoms with Crippen LogP contribution in [0.2, 0.25) is 0 Å². The van der Waals surface area contributed by atoms with Crippen molar-refractivity contribution in [3.05, 3.63) is 47.3 Å². The molecule has 20 heavy (non-hydrogen) atoms. The first kappa shape index (κ1) is 14.3. The number of ether oxygens (including phenoxy) is 1. The van der Waals surface area contributed by atoms with Crippen molar-refractivity contribution in [2.45, 2.75) is 26.5 Å². The number of nitrogen functional groups attached to an aromatic ring is 1. The topological polar surface area (TPSA) is 73.1 Å². The maximum atomic E-state index is 5.77. The summed E-state index contributed by atoms with van der Waals surface area (Å²) in [7, 11) is 1.61. The van der Waals surface area contributed by atoms with Gasteiger partial charge in [-0.1, -0.05) is 31.2 Å². The van der Waals surface area contributed by atoms with Crippen molar-refractivity contribution in [2.75, 3.05) is 18.2 Å². The number of aryl methyl sites for hydroxylation is 1. The number of anilines is 2. The summed E-state index contributed by atoms with van der Waals surface area (Å²) >= 11 is 0. The molecule has 3 N–H and O–H groups in total. The second kappa shape index (κ2) is 6.86. The van der Waals surface area contributed by atoms with Crippen molar-refractivity contribution in [1.29, 1.82) is 0 Å². The maximum Gasteiger partial charge on any atom is 0.158 e. The molecule has 2 aromatic rings. The van der Waals surface area contributed by atoms with Crippen molar-refractivity contribution in [1.82, 2.24) is 9.97 Å². The first-order valence-corrected chi connectivity index (χ1v) is 6.66. The molecule has 0 saturated carbocycles. The third-order valence-corrected chi connectivity index (χ3v) is 3.02. The van der Waals surface area contributed by atoms with Gasteiger partial charge in [0.25, 0.3) is 0 Å². The molecule has 106 valence electrons. The van der Waals surface area contributed by atoms with Crippen LogP contribution in [0, 0.1) is 0 Å². The third kappa shape index (κ3) is 3.68. The summed E-state index contributed by atoms with van der Waals surface area (Å²) in [5, 5.41) is 3.29. The molecule has 1 heterocycles. The lowest BCUT2D eigenvalue weighted by Crippen LogP contribution is -2.08. The van der Waals surface area contributed by atoms with Gasteiger partial charge in [-0.15, -0.1) is 0 Å². The Morgan fingerprint density at radius 1 is 1.20 bits per heavy atom. The highest BCUT2D eigenvalue weighted by Crippen LogP contribution is 2.14. The van der Waals surface area contributed by atoms with Crippen LogP contribution in [0.15, 0.2) is 30.3 Å². The van der Waals surface area contributed by atoms with E-state index >= 15 is 0 Å². The summed E-state index contributed by atoms with van der Waals surface area (Å²) in [6, 6.07) is 10.1. The van der Waals surface area contributed by atoms with E-state index in [0.29, 0.717) is 24.8 Å². The Morgan fingerprint density at radius 3 is 2.65 bits per heavy atom. The van der Waals surface area contributed by atoms with Crippen LogP contribution >= 0.6 is 0 Å². The minimum absolute atomic E-state index is 0.352. The van der Waals surface area contributed by atoms with Crippen molar-refractivity contribution >= 4 is 11.6 Å². The second-order valence-corrected chi connectivity index (χ2v) is 4.50. The molecule has 2 rings (SSSR count). The van der Waals surface area contributed by atoms with Crippen molar-refractivity contribution in [2.24, 2.45) is 0 Å². The van der Waals surface area contributed by atoms with Gasteiger partial charge in [0, 0.05) is 19.7 Å². The molecular weight excluding hydrogens is 252 g/mol. The van der Waals surface area contributed by atoms with Crippen molar-refractivity contribution < 1.29 is 4.74 Å². The van der Waals surface area contributed by atoms with E-state index in [2.05, 4.69) is 40.4 Å². The highest BCUT2D eigenvalue weighted by atomic mass is 16.5. The van der Waals surface area contributed by atoms with Gasteiger partial charge >= 0.3 is 0 Å². The normalized spacial score (nSPS) is 10.5. The van der Waals surface area contributed by atoms with Crippen molar-refractivity contribution in [3.8, 4) is 0 Å². The molecule has 0 radical (unpaired) electrons. The third-order valence-electron chi connectivity index (χ3n) is 3.02. The van der Waals surface area contributed by atoms with Gasteiger partial charge in [0.05, 0.1) is 0 Å². The molecule has 0 aliphatic rings. The van der Waals surface area contributed by atoms with Gasteiger partial charge < -0.3 is 15.8 Å². The van der Waals surface area contributed by atoms with Gasteiger partial charge in [0.15, 0.2) is 5.82 Å². The molecule has 0 atom stereocenters. The number of methoxy groups -OCH3 is 1. The average Bonchev–Trinajstić information content (AvgIpc) is 2.45. The number of benzene rings is 1. The van der Waals surface area contributed by atoms with E-state index in [-0.39, 0.29) is 0 Å². The molecule has 0 unspecified atom stereocenters. The van der Waals surface area contributed by atoms with Crippen LogP contribution < -0.4 is 11.1 Å². The van der Waals surface area contributed by atoms with E-state index in [9.17, 15) is 0 Å². The van der Waals surface area contributed by atoms with Gasteiger partial charge in [0.1, 0.15) is 18.2 Å². The lowest BCUT2D eigenvalue weighted by molar-refractivity contribution is 0.178. The highest BCUT2D eigenvalue weighted by molar-refractivity contribution is 5.45. The molecule has 0 aliphatic carbocycles. The summed E-state index contributed by atoms with van der Waals surface area (Å²) in [4.78, 5) is 8.48. The monoisotopic (exact) mass is 272 g/mol. The SMILES string of the molecule is CCc1ccccc1CNc1cc(N)nc(COC)n1. The average molecular weight is 272 g/mol. The Balaban J connectivity index is 2.10. The summed E-state index contributed by atoms with van der Waals surface area (Å²) in [6.45, 7) is 3.22. The fourth-order valence-corrected chi connectivity index (χ4v) is 2.06. The van der Waals surface area contributed by atoms with Crippen LogP contribution in [-0.4, -0.2) is 17.1 Å². The van der Waals surface area contributed by atoms with Gasteiger partial charge in [-0.3, -0.25) is 0 Å². The summed E-state index contributed by atoms with van der Waals surface area (Å²) in [6.07, 6.45) is 1.01. The molecule has 0 bridgehead atoms. The Bertz CT molecular complexity index is 572. The Kier molecular flexibility index (Phi) is 4.90. The van der Waals surface area contributed by atoms with Gasteiger partial charge in [-0.05, 0) is 17.5 Å². The van der Waals surface area contributed by atoms with Gasteiger partial charge in [0.2, 0.25) is 0 Å². The highest BCUT2D eigenvalue weighted by Gasteiger charge is 2.04. The number of aromatic nitrogens is 2. The van der Waals surface area contributed by atoms with Crippen LogP contribution in [0.3, 0.4) is 0 Å². The smallest absolute Gasteiger partial charge is 0.158 e. The number of rotatable bonds is 6. The lowest BCUT2D eigenvalue weighted by atomic mass is 10.1. The zero-order valence-electron chi connectivity index (χ0n) is 11.9. The second-order valence-electron chi connectivity index (χ2n) is 4.50. The zero-order valence-corrected chi connectivity index (χ0v) is 11.9. The van der Waals surface area contributed by atoms with E-state index in [4.69, 9.17) is 10.5 Å². The van der Waals surface area contributed by atoms with E-state index in [1.807, 2.05) is 6.07 Å². The summed E-state index contributed by atoms with van der Waals surface area (Å²) in [5.74, 6) is 1.74. The summed E-state index contributed by atoms with van der Waals surface area (Å²) in [5.41, 5.74) is 8.36. The number of hydrogen-bond acceptors (Lipinski definition) is 5. The van der Waals surface area contributed by atoms with E-state index in [1.54, 1.807) is 13.2 Å².